The van der Waals surface area contributed by atoms with Gasteiger partial charge in [0.05, 0.1) is 16.0 Å². The first-order valence-electron chi connectivity index (χ1n) is 7.42. The molecular weight excluding hydrogens is 330 g/mol. The normalized spacial score (nSPS) is 15.4. The highest BCUT2D eigenvalue weighted by molar-refractivity contribution is 7.16. The maximum atomic E-state index is 12.5. The fourth-order valence-electron chi connectivity index (χ4n) is 2.67. The van der Waals surface area contributed by atoms with E-state index in [1.54, 1.807) is 35.6 Å². The van der Waals surface area contributed by atoms with Gasteiger partial charge in [0, 0.05) is 43.2 Å². The Morgan fingerprint density at radius 1 is 1.22 bits per heavy atom. The van der Waals surface area contributed by atoms with E-state index in [9.17, 15) is 4.79 Å². The lowest BCUT2D eigenvalue weighted by molar-refractivity contribution is 0.0629. The van der Waals surface area contributed by atoms with Crippen molar-refractivity contribution in [3.8, 4) is 6.07 Å². The number of piperazine rings is 1. The van der Waals surface area contributed by atoms with Crippen LogP contribution in [-0.4, -0.2) is 41.9 Å². The van der Waals surface area contributed by atoms with Crippen LogP contribution in [0.4, 0.5) is 0 Å². The Kier molecular flexibility index (Phi) is 4.97. The van der Waals surface area contributed by atoms with Crippen LogP contribution in [0.2, 0.25) is 4.34 Å². The zero-order valence-corrected chi connectivity index (χ0v) is 14.1. The van der Waals surface area contributed by atoms with E-state index >= 15 is 0 Å². The molecule has 1 amide bonds. The zero-order chi connectivity index (χ0) is 16.2. The van der Waals surface area contributed by atoms with E-state index in [-0.39, 0.29) is 5.91 Å². The summed E-state index contributed by atoms with van der Waals surface area (Å²) < 4.78 is 0.811. The molecule has 1 aromatic carbocycles. The predicted octanol–water partition coefficient (Wildman–Crippen LogP) is 3.23. The molecule has 4 nitrogen and oxygen atoms in total. The predicted molar refractivity (Wildman–Crippen MR) is 91.7 cm³/mol. The Bertz CT molecular complexity index is 744. The van der Waals surface area contributed by atoms with E-state index in [1.165, 1.54) is 4.88 Å². The fraction of sp³-hybridized carbons (Fsp3) is 0.294. The van der Waals surface area contributed by atoms with E-state index in [0.717, 1.165) is 24.0 Å². The first-order chi connectivity index (χ1) is 11.2. The molecule has 2 heterocycles. The first kappa shape index (κ1) is 16.0. The number of carbonyl (C=O) groups excluding carboxylic acids is 1. The lowest BCUT2D eigenvalue weighted by atomic mass is 10.1. The minimum absolute atomic E-state index is 0.000850. The largest absolute Gasteiger partial charge is 0.336 e. The van der Waals surface area contributed by atoms with Gasteiger partial charge in [-0.2, -0.15) is 5.26 Å². The molecule has 0 atom stereocenters. The number of halogens is 1. The highest BCUT2D eigenvalue weighted by atomic mass is 35.5. The summed E-state index contributed by atoms with van der Waals surface area (Å²) in [6, 6.07) is 12.9. The molecule has 1 aliphatic heterocycles. The van der Waals surface area contributed by atoms with Gasteiger partial charge in [-0.05, 0) is 30.3 Å². The average molecular weight is 346 g/mol. The van der Waals surface area contributed by atoms with Gasteiger partial charge in [0.2, 0.25) is 0 Å². The Morgan fingerprint density at radius 2 is 2.00 bits per heavy atom. The number of benzene rings is 1. The number of nitriles is 1. The van der Waals surface area contributed by atoms with Gasteiger partial charge in [0.25, 0.3) is 5.91 Å². The van der Waals surface area contributed by atoms with E-state index < -0.39 is 0 Å². The number of nitrogens with zero attached hydrogens (tertiary/aromatic N) is 3. The van der Waals surface area contributed by atoms with Crippen molar-refractivity contribution < 1.29 is 4.79 Å². The zero-order valence-electron chi connectivity index (χ0n) is 12.5. The van der Waals surface area contributed by atoms with Crippen LogP contribution in [0.5, 0.6) is 0 Å². The van der Waals surface area contributed by atoms with Gasteiger partial charge < -0.3 is 4.90 Å². The van der Waals surface area contributed by atoms with Crippen LogP contribution in [0.15, 0.2) is 36.4 Å². The Morgan fingerprint density at radius 3 is 2.65 bits per heavy atom. The maximum Gasteiger partial charge on any atom is 0.253 e. The summed E-state index contributed by atoms with van der Waals surface area (Å²) in [5.74, 6) is 0.000850. The van der Waals surface area contributed by atoms with E-state index in [1.807, 2.05) is 11.0 Å². The van der Waals surface area contributed by atoms with E-state index in [0.29, 0.717) is 24.2 Å². The van der Waals surface area contributed by atoms with Gasteiger partial charge in [-0.3, -0.25) is 9.69 Å². The lowest BCUT2D eigenvalue weighted by Gasteiger charge is -2.34. The van der Waals surface area contributed by atoms with Crippen molar-refractivity contribution in [2.45, 2.75) is 6.54 Å². The lowest BCUT2D eigenvalue weighted by Crippen LogP contribution is -2.48. The summed E-state index contributed by atoms with van der Waals surface area (Å²) in [4.78, 5) is 18.0. The number of hydrogen-bond donors (Lipinski definition) is 0. The van der Waals surface area contributed by atoms with Crippen molar-refractivity contribution in [1.82, 2.24) is 9.80 Å². The van der Waals surface area contributed by atoms with E-state index in [4.69, 9.17) is 16.9 Å². The third-order valence-electron chi connectivity index (χ3n) is 3.91. The minimum atomic E-state index is 0.000850. The van der Waals surface area contributed by atoms with Crippen LogP contribution < -0.4 is 0 Å². The smallest absolute Gasteiger partial charge is 0.253 e. The highest BCUT2D eigenvalue weighted by Gasteiger charge is 2.22. The standard InChI is InChI=1S/C17H16ClN3OS/c18-16-5-4-15(23-16)12-20-6-8-21(9-7-20)17(22)14-3-1-2-13(10-14)11-19/h1-5,10H,6-9,12H2. The van der Waals surface area contributed by atoms with Crippen LogP contribution in [0.3, 0.4) is 0 Å². The van der Waals surface area contributed by atoms with Gasteiger partial charge in [-0.25, -0.2) is 0 Å². The summed E-state index contributed by atoms with van der Waals surface area (Å²) in [5.41, 5.74) is 1.10. The molecule has 0 aliphatic carbocycles. The summed E-state index contributed by atoms with van der Waals surface area (Å²) in [5, 5.41) is 8.94. The molecule has 0 N–H and O–H groups in total. The Balaban J connectivity index is 1.58. The topological polar surface area (TPSA) is 47.3 Å². The van der Waals surface area contributed by atoms with Gasteiger partial charge in [0.1, 0.15) is 0 Å². The van der Waals surface area contributed by atoms with Gasteiger partial charge in [-0.15, -0.1) is 11.3 Å². The van der Waals surface area contributed by atoms with Crippen LogP contribution in [-0.2, 0) is 6.54 Å². The quantitative estimate of drug-likeness (QED) is 0.858. The molecule has 0 unspecified atom stereocenters. The van der Waals surface area contributed by atoms with Crippen LogP contribution in [0, 0.1) is 11.3 Å². The van der Waals surface area contributed by atoms with Crippen molar-refractivity contribution in [2.75, 3.05) is 26.2 Å². The minimum Gasteiger partial charge on any atom is -0.336 e. The van der Waals surface area contributed by atoms with Crippen LogP contribution >= 0.6 is 22.9 Å². The van der Waals surface area contributed by atoms with Gasteiger partial charge in [-0.1, -0.05) is 17.7 Å². The van der Waals surface area contributed by atoms with Crippen LogP contribution in [0.1, 0.15) is 20.8 Å². The number of hydrogen-bond acceptors (Lipinski definition) is 4. The van der Waals surface area contributed by atoms with Gasteiger partial charge >= 0.3 is 0 Å². The summed E-state index contributed by atoms with van der Waals surface area (Å²) in [6.07, 6.45) is 0. The van der Waals surface area contributed by atoms with E-state index in [2.05, 4.69) is 17.0 Å². The van der Waals surface area contributed by atoms with Gasteiger partial charge in [0.15, 0.2) is 0 Å². The third kappa shape index (κ3) is 3.91. The second kappa shape index (κ2) is 7.14. The second-order valence-electron chi connectivity index (χ2n) is 5.47. The molecule has 3 rings (SSSR count). The Hall–Kier alpha value is -1.87. The second-order valence-corrected chi connectivity index (χ2v) is 7.27. The van der Waals surface area contributed by atoms with Crippen molar-refractivity contribution in [1.29, 1.82) is 5.26 Å². The molecule has 1 aliphatic rings. The van der Waals surface area contributed by atoms with Crippen molar-refractivity contribution in [3.05, 3.63) is 56.7 Å². The number of rotatable bonds is 3. The molecule has 1 saturated heterocycles. The molecule has 1 aromatic heterocycles. The number of thiophene rings is 1. The molecule has 23 heavy (non-hydrogen) atoms. The summed E-state index contributed by atoms with van der Waals surface area (Å²) in [6.45, 7) is 3.98. The molecular formula is C17H16ClN3OS. The third-order valence-corrected chi connectivity index (χ3v) is 5.12. The molecule has 6 heteroatoms. The molecule has 0 saturated carbocycles. The summed E-state index contributed by atoms with van der Waals surface area (Å²) in [7, 11) is 0. The molecule has 1 fully saturated rings. The SMILES string of the molecule is N#Cc1cccc(C(=O)N2CCN(Cc3ccc(Cl)s3)CC2)c1. The fourth-order valence-corrected chi connectivity index (χ4v) is 3.80. The highest BCUT2D eigenvalue weighted by Crippen LogP contribution is 2.23. The number of carbonyl (C=O) groups is 1. The van der Waals surface area contributed by atoms with Crippen molar-refractivity contribution in [3.63, 3.8) is 0 Å². The molecule has 2 aromatic rings. The first-order valence-corrected chi connectivity index (χ1v) is 8.61. The molecule has 0 radical (unpaired) electrons. The monoisotopic (exact) mass is 345 g/mol. The van der Waals surface area contributed by atoms with Crippen molar-refractivity contribution in [2.24, 2.45) is 0 Å². The molecule has 0 spiro atoms. The molecule has 0 bridgehead atoms. The number of amides is 1. The Labute approximate surface area is 144 Å². The van der Waals surface area contributed by atoms with Crippen molar-refractivity contribution >= 4 is 28.8 Å². The summed E-state index contributed by atoms with van der Waals surface area (Å²) >= 11 is 7.56. The average Bonchev–Trinajstić information content (AvgIpc) is 3.00. The molecule has 118 valence electrons. The van der Waals surface area contributed by atoms with Crippen LogP contribution in [0.25, 0.3) is 0 Å². The maximum absolute atomic E-state index is 12.5.